The number of nitrogens with zero attached hydrogens (tertiary/aromatic N) is 1. The molecule has 29 heavy (non-hydrogen) atoms. The lowest BCUT2D eigenvalue weighted by Gasteiger charge is -2.09. The first-order valence-electron chi connectivity index (χ1n) is 8.63. The lowest BCUT2D eigenvalue weighted by molar-refractivity contribution is -0.137. The van der Waals surface area contributed by atoms with Crippen LogP contribution in [0.1, 0.15) is 11.1 Å². The summed E-state index contributed by atoms with van der Waals surface area (Å²) < 4.78 is 64.9. The number of fused-ring (bicyclic) bond motifs is 1. The van der Waals surface area contributed by atoms with Gasteiger partial charge in [0.15, 0.2) is 0 Å². The zero-order chi connectivity index (χ0) is 20.6. The number of pyridine rings is 1. The van der Waals surface area contributed by atoms with Crippen LogP contribution in [0, 0.1) is 11.6 Å². The Morgan fingerprint density at radius 3 is 2.28 bits per heavy atom. The van der Waals surface area contributed by atoms with Gasteiger partial charge >= 0.3 is 6.18 Å². The van der Waals surface area contributed by atoms with Gasteiger partial charge in [-0.05, 0) is 41.5 Å². The van der Waals surface area contributed by atoms with Crippen molar-refractivity contribution in [2.75, 3.05) is 5.32 Å². The molecule has 2 N–H and O–H groups in total. The van der Waals surface area contributed by atoms with E-state index in [2.05, 4.69) is 15.3 Å². The van der Waals surface area contributed by atoms with Crippen molar-refractivity contribution in [1.29, 1.82) is 0 Å². The molecule has 8 heteroatoms. The fourth-order valence-corrected chi connectivity index (χ4v) is 3.09. The Balaban J connectivity index is 1.61. The van der Waals surface area contributed by atoms with Gasteiger partial charge in [0.05, 0.1) is 17.4 Å². The van der Waals surface area contributed by atoms with Crippen LogP contribution >= 0.6 is 0 Å². The first-order valence-corrected chi connectivity index (χ1v) is 8.63. The minimum Gasteiger partial charge on any atom is -0.380 e. The van der Waals surface area contributed by atoms with E-state index in [0.717, 1.165) is 18.2 Å². The van der Waals surface area contributed by atoms with Crippen molar-refractivity contribution in [2.45, 2.75) is 12.7 Å². The van der Waals surface area contributed by atoms with E-state index < -0.39 is 23.4 Å². The highest BCUT2D eigenvalue weighted by Gasteiger charge is 2.30. The van der Waals surface area contributed by atoms with Gasteiger partial charge in [0.25, 0.3) is 0 Å². The summed E-state index contributed by atoms with van der Waals surface area (Å²) >= 11 is 0. The second-order valence-electron chi connectivity index (χ2n) is 6.53. The van der Waals surface area contributed by atoms with Gasteiger partial charge in [-0.15, -0.1) is 0 Å². The fourth-order valence-electron chi connectivity index (χ4n) is 3.09. The average Bonchev–Trinajstić information content (AvgIpc) is 3.08. The van der Waals surface area contributed by atoms with Crippen molar-refractivity contribution >= 4 is 16.7 Å². The smallest absolute Gasteiger partial charge is 0.380 e. The minimum atomic E-state index is -4.40. The molecule has 0 spiro atoms. The topological polar surface area (TPSA) is 40.7 Å². The van der Waals surface area contributed by atoms with Crippen LogP contribution < -0.4 is 5.32 Å². The molecule has 0 unspecified atom stereocenters. The molecule has 148 valence electrons. The zero-order valence-corrected chi connectivity index (χ0v) is 14.8. The molecule has 0 aliphatic carbocycles. The van der Waals surface area contributed by atoms with Crippen LogP contribution in [0.3, 0.4) is 0 Å². The molecule has 2 aromatic heterocycles. The molecule has 4 rings (SSSR count). The number of hydrogen-bond acceptors (Lipinski definition) is 2. The summed E-state index contributed by atoms with van der Waals surface area (Å²) in [6.07, 6.45) is -1.16. The van der Waals surface area contributed by atoms with E-state index in [1.807, 2.05) is 0 Å². The van der Waals surface area contributed by atoms with Gasteiger partial charge in [-0.25, -0.2) is 13.8 Å². The Hall–Kier alpha value is -3.42. The number of halogens is 5. The fraction of sp³-hybridized carbons (Fsp3) is 0.0952. The van der Waals surface area contributed by atoms with Crippen LogP contribution in [0.25, 0.3) is 22.2 Å². The molecular formula is C21H14F5N3. The van der Waals surface area contributed by atoms with Crippen molar-refractivity contribution in [1.82, 2.24) is 9.97 Å². The van der Waals surface area contributed by atoms with Gasteiger partial charge in [0.1, 0.15) is 17.3 Å². The highest BCUT2D eigenvalue weighted by molar-refractivity contribution is 5.95. The zero-order valence-electron chi connectivity index (χ0n) is 14.8. The number of hydrogen-bond donors (Lipinski definition) is 2. The third kappa shape index (κ3) is 4.06. The van der Waals surface area contributed by atoms with Crippen LogP contribution in [0.4, 0.5) is 27.6 Å². The second-order valence-corrected chi connectivity index (χ2v) is 6.53. The molecule has 0 saturated carbocycles. The maximum absolute atomic E-state index is 13.3. The minimum absolute atomic E-state index is 0.182. The van der Waals surface area contributed by atoms with Gasteiger partial charge in [-0.1, -0.05) is 12.1 Å². The molecule has 0 aliphatic heterocycles. The number of aromatic nitrogens is 2. The summed E-state index contributed by atoms with van der Waals surface area (Å²) in [7, 11) is 0. The summed E-state index contributed by atoms with van der Waals surface area (Å²) in [5.74, 6) is -1.32. The molecule has 0 fully saturated rings. The average molecular weight is 403 g/mol. The molecule has 0 aliphatic rings. The van der Waals surface area contributed by atoms with E-state index in [1.54, 1.807) is 18.5 Å². The van der Waals surface area contributed by atoms with Gasteiger partial charge in [0, 0.05) is 29.8 Å². The summed E-state index contributed by atoms with van der Waals surface area (Å²) in [6, 6.07) is 9.90. The predicted molar refractivity (Wildman–Crippen MR) is 100 cm³/mol. The van der Waals surface area contributed by atoms with Crippen LogP contribution in [-0.2, 0) is 12.7 Å². The summed E-state index contributed by atoms with van der Waals surface area (Å²) in [5, 5.41) is 3.76. The van der Waals surface area contributed by atoms with E-state index in [-0.39, 0.29) is 6.54 Å². The summed E-state index contributed by atoms with van der Waals surface area (Å²) in [5.41, 5.74) is 2.19. The van der Waals surface area contributed by atoms with Crippen LogP contribution in [0.15, 0.2) is 60.9 Å². The molecule has 3 nitrogen and oxygen atoms in total. The number of rotatable bonds is 4. The first kappa shape index (κ1) is 18.9. The Morgan fingerprint density at radius 1 is 0.931 bits per heavy atom. The van der Waals surface area contributed by atoms with E-state index in [1.165, 1.54) is 24.3 Å². The van der Waals surface area contributed by atoms with E-state index in [4.69, 9.17) is 0 Å². The SMILES string of the molecule is Fc1cc(F)cc(CNc2cnc3[nH]cc(-c4ccc(C(F)(F)F)cc4)c3c2)c1. The molecular weight excluding hydrogens is 389 g/mol. The third-order valence-corrected chi connectivity index (χ3v) is 4.47. The van der Waals surface area contributed by atoms with Crippen LogP contribution in [0.5, 0.6) is 0 Å². The van der Waals surface area contributed by atoms with Crippen LogP contribution in [-0.4, -0.2) is 9.97 Å². The van der Waals surface area contributed by atoms with Crippen molar-refractivity contribution in [2.24, 2.45) is 0 Å². The van der Waals surface area contributed by atoms with E-state index in [9.17, 15) is 22.0 Å². The highest BCUT2D eigenvalue weighted by atomic mass is 19.4. The third-order valence-electron chi connectivity index (χ3n) is 4.47. The Kier molecular flexibility index (Phi) is 4.70. The van der Waals surface area contributed by atoms with Gasteiger partial charge in [-0.3, -0.25) is 0 Å². The van der Waals surface area contributed by atoms with E-state index in [0.29, 0.717) is 33.4 Å². The molecule has 2 heterocycles. The van der Waals surface area contributed by atoms with E-state index >= 15 is 0 Å². The molecule has 0 atom stereocenters. The second kappa shape index (κ2) is 7.20. The number of H-pyrrole nitrogens is 1. The Bertz CT molecular complexity index is 1140. The van der Waals surface area contributed by atoms with Gasteiger partial charge in [-0.2, -0.15) is 13.2 Å². The molecule has 2 aromatic carbocycles. The molecule has 0 amide bonds. The molecule has 0 bridgehead atoms. The van der Waals surface area contributed by atoms with Crippen molar-refractivity contribution in [3.63, 3.8) is 0 Å². The highest BCUT2D eigenvalue weighted by Crippen LogP contribution is 2.33. The molecule has 0 saturated heterocycles. The van der Waals surface area contributed by atoms with Gasteiger partial charge in [0.2, 0.25) is 0 Å². The number of anilines is 1. The Morgan fingerprint density at radius 2 is 1.62 bits per heavy atom. The lowest BCUT2D eigenvalue weighted by Crippen LogP contribution is -2.03. The van der Waals surface area contributed by atoms with Gasteiger partial charge < -0.3 is 10.3 Å². The molecule has 4 aromatic rings. The predicted octanol–water partition coefficient (Wildman–Crippen LogP) is 6.14. The molecule has 0 radical (unpaired) electrons. The number of alkyl halides is 3. The maximum Gasteiger partial charge on any atom is 0.416 e. The maximum atomic E-state index is 13.3. The summed E-state index contributed by atoms with van der Waals surface area (Å²) in [6.45, 7) is 0.182. The first-order chi connectivity index (χ1) is 13.8. The monoisotopic (exact) mass is 403 g/mol. The number of aromatic amines is 1. The largest absolute Gasteiger partial charge is 0.416 e. The normalized spacial score (nSPS) is 11.8. The quantitative estimate of drug-likeness (QED) is 0.402. The van der Waals surface area contributed by atoms with Crippen molar-refractivity contribution in [3.8, 4) is 11.1 Å². The summed E-state index contributed by atoms with van der Waals surface area (Å²) in [4.78, 5) is 7.27. The number of benzene rings is 2. The van der Waals surface area contributed by atoms with Crippen LogP contribution in [0.2, 0.25) is 0 Å². The van der Waals surface area contributed by atoms with Crippen molar-refractivity contribution in [3.05, 3.63) is 83.7 Å². The Labute approximate surface area is 162 Å². The lowest BCUT2D eigenvalue weighted by atomic mass is 10.0. The number of nitrogens with one attached hydrogen (secondary N) is 2. The van der Waals surface area contributed by atoms with Crippen molar-refractivity contribution < 1.29 is 22.0 Å². The standard InChI is InChI=1S/C21H14F5N3/c22-15-5-12(6-16(23)7-15)9-27-17-8-18-19(11-29-20(18)28-10-17)13-1-3-14(4-2-13)21(24,25)26/h1-8,10-11,27H,9H2,(H,28,29).